The summed E-state index contributed by atoms with van der Waals surface area (Å²) < 4.78 is 17.6. The first-order valence-corrected chi connectivity index (χ1v) is 18.1. The molecule has 4 aromatic rings. The highest BCUT2D eigenvalue weighted by atomic mass is 35.5. The van der Waals surface area contributed by atoms with Crippen LogP contribution in [-0.2, 0) is 29.1 Å². The number of hydrogen-bond donors (Lipinski definition) is 3. The number of amides is 1. The highest BCUT2D eigenvalue weighted by Crippen LogP contribution is 2.44. The third-order valence-corrected chi connectivity index (χ3v) is 10.7. The van der Waals surface area contributed by atoms with E-state index in [2.05, 4.69) is 26.7 Å². The zero-order chi connectivity index (χ0) is 36.4. The van der Waals surface area contributed by atoms with Gasteiger partial charge in [-0.25, -0.2) is 9.97 Å². The van der Waals surface area contributed by atoms with Crippen molar-refractivity contribution in [2.75, 3.05) is 33.9 Å². The van der Waals surface area contributed by atoms with Crippen molar-refractivity contribution >= 4 is 35.1 Å². The van der Waals surface area contributed by atoms with Gasteiger partial charge in [0.15, 0.2) is 5.15 Å². The largest absolute Gasteiger partial charge is 0.481 e. The number of carbonyl (C=O) groups excluding carboxylic acids is 1. The molecule has 1 aliphatic carbocycles. The quantitative estimate of drug-likeness (QED) is 0.151. The summed E-state index contributed by atoms with van der Waals surface area (Å²) >= 11 is 13.8. The Kier molecular flexibility index (Phi) is 10.8. The molecule has 52 heavy (non-hydrogen) atoms. The lowest BCUT2D eigenvalue weighted by Gasteiger charge is -2.19. The minimum absolute atomic E-state index is 0.0969. The van der Waals surface area contributed by atoms with Crippen LogP contribution in [0.3, 0.4) is 0 Å². The summed E-state index contributed by atoms with van der Waals surface area (Å²) in [5.41, 5.74) is 6.97. The number of ether oxygens (including phenoxy) is 3. The van der Waals surface area contributed by atoms with Crippen LogP contribution in [0.15, 0.2) is 48.5 Å². The number of likely N-dealkylation sites (tertiary alicyclic amines) is 1. The van der Waals surface area contributed by atoms with Crippen molar-refractivity contribution in [1.82, 2.24) is 30.5 Å². The van der Waals surface area contributed by atoms with E-state index in [-0.39, 0.29) is 29.1 Å². The summed E-state index contributed by atoms with van der Waals surface area (Å²) in [5.74, 6) is -0.113. The molecule has 2 fully saturated rings. The number of nitrogens with one attached hydrogen (secondary N) is 2. The number of carboxylic acid groups (broad SMARTS) is 1. The molecule has 0 unspecified atom stereocenters. The predicted molar refractivity (Wildman–Crippen MR) is 196 cm³/mol. The van der Waals surface area contributed by atoms with Gasteiger partial charge >= 0.3 is 5.97 Å². The number of halogens is 2. The van der Waals surface area contributed by atoms with E-state index in [0.717, 1.165) is 46.2 Å². The van der Waals surface area contributed by atoms with Gasteiger partial charge in [0, 0.05) is 55.3 Å². The topological polar surface area (TPSA) is 148 Å². The number of rotatable bonds is 13. The van der Waals surface area contributed by atoms with Gasteiger partial charge in [-0.05, 0) is 55.0 Å². The van der Waals surface area contributed by atoms with Crippen molar-refractivity contribution in [2.45, 2.75) is 57.3 Å². The second-order valence-electron chi connectivity index (χ2n) is 13.3. The number of benzene rings is 2. The summed E-state index contributed by atoms with van der Waals surface area (Å²) in [5, 5.41) is 16.5. The molecule has 0 spiro atoms. The number of carbonyl (C=O) groups is 2. The number of nitrogens with zero attached hydrogens (tertiary/aromatic N) is 4. The fraction of sp³-hybridized carbons (Fsp3) is 0.395. The number of hydrogen-bond acceptors (Lipinski definition) is 10. The average Bonchev–Trinajstić information content (AvgIpc) is 3.90. The highest BCUT2D eigenvalue weighted by Gasteiger charge is 2.31. The Morgan fingerprint density at radius 2 is 1.73 bits per heavy atom. The molecule has 4 heterocycles. The van der Waals surface area contributed by atoms with E-state index in [4.69, 9.17) is 42.4 Å². The smallest absolute Gasteiger partial charge is 0.307 e. The number of methoxy groups -OCH3 is 2. The van der Waals surface area contributed by atoms with Crippen molar-refractivity contribution in [3.05, 3.63) is 81.1 Å². The molecule has 272 valence electrons. The molecule has 12 nitrogen and oxygen atoms in total. The van der Waals surface area contributed by atoms with Gasteiger partial charge in [0.1, 0.15) is 11.8 Å². The van der Waals surface area contributed by atoms with E-state index in [1.165, 1.54) is 7.11 Å². The van der Waals surface area contributed by atoms with Crippen molar-refractivity contribution < 1.29 is 28.9 Å². The third-order valence-electron chi connectivity index (χ3n) is 10.0. The number of carboxylic acids is 1. The van der Waals surface area contributed by atoms with Gasteiger partial charge < -0.3 is 30.0 Å². The van der Waals surface area contributed by atoms with E-state index in [1.54, 1.807) is 7.11 Å². The first-order valence-electron chi connectivity index (χ1n) is 17.4. The van der Waals surface area contributed by atoms with E-state index in [0.29, 0.717) is 80.2 Å². The fourth-order valence-electron chi connectivity index (χ4n) is 7.35. The molecule has 3 atom stereocenters. The van der Waals surface area contributed by atoms with Crippen LogP contribution in [0.1, 0.15) is 54.2 Å². The Hall–Kier alpha value is -4.49. The Labute approximate surface area is 311 Å². The van der Waals surface area contributed by atoms with Gasteiger partial charge in [-0.2, -0.15) is 4.98 Å². The molecule has 3 N–H and O–H groups in total. The zero-order valence-electron chi connectivity index (χ0n) is 29.0. The van der Waals surface area contributed by atoms with Crippen LogP contribution >= 0.6 is 23.2 Å². The maximum absolute atomic E-state index is 11.5. The molecule has 1 amide bonds. The van der Waals surface area contributed by atoms with E-state index in [1.807, 2.05) is 47.4 Å². The molecular formula is C38H40Cl2N6O6. The van der Waals surface area contributed by atoms with E-state index >= 15 is 0 Å². The van der Waals surface area contributed by atoms with E-state index < -0.39 is 11.9 Å². The standard InChI is InChI=1S/C38H40Cl2N6O6/c1-50-35-21(17-41-18-23-10-14-32(47)42-23)9-12-29(44-35)28-8-4-7-27(33(28)39)24-5-3-6-26-25(24)11-13-31(26)52-37-34(40)43-30(36(45-37)51-2)20-46-16-15-22(19-46)38(48)49/h3-9,12,22-23,31,41H,10-11,13-20H2,1-2H3,(H,42,47)(H,48,49)/t22-,23+,31+/m1/s1. The second kappa shape index (κ2) is 15.6. The zero-order valence-corrected chi connectivity index (χ0v) is 30.5. The van der Waals surface area contributed by atoms with Gasteiger partial charge in [-0.15, -0.1) is 0 Å². The molecule has 2 aromatic heterocycles. The van der Waals surface area contributed by atoms with Crippen molar-refractivity contribution in [1.29, 1.82) is 0 Å². The Balaban J connectivity index is 1.08. The first kappa shape index (κ1) is 35.9. The number of fused-ring (bicyclic) bond motifs is 1. The average molecular weight is 748 g/mol. The fourth-order valence-corrected chi connectivity index (χ4v) is 7.87. The Morgan fingerprint density at radius 1 is 0.942 bits per heavy atom. The Bertz CT molecular complexity index is 2000. The second-order valence-corrected chi connectivity index (χ2v) is 14.1. The minimum Gasteiger partial charge on any atom is -0.481 e. The molecular weight excluding hydrogens is 707 g/mol. The monoisotopic (exact) mass is 746 g/mol. The SMILES string of the molecule is COc1nc(-c2cccc(-c3cccc4c3CC[C@@H]4Oc3nc(OC)c(CN4CC[C@@H](C(=O)O)C4)nc3Cl)c2Cl)ccc1CNC[C@@H]1CCC(=O)N1. The molecule has 2 aliphatic heterocycles. The van der Waals surface area contributed by atoms with Crippen LogP contribution in [0.5, 0.6) is 17.6 Å². The highest BCUT2D eigenvalue weighted by molar-refractivity contribution is 6.36. The summed E-state index contributed by atoms with van der Waals surface area (Å²) in [6, 6.07) is 16.1. The van der Waals surface area contributed by atoms with Crippen LogP contribution in [-0.4, -0.2) is 76.7 Å². The summed E-state index contributed by atoms with van der Waals surface area (Å²) in [6.07, 6.45) is 3.14. The normalized spacial score (nSPS) is 19.8. The molecule has 0 saturated carbocycles. The van der Waals surface area contributed by atoms with Crippen molar-refractivity contribution in [3.63, 3.8) is 0 Å². The van der Waals surface area contributed by atoms with Gasteiger partial charge in [0.2, 0.25) is 17.7 Å². The van der Waals surface area contributed by atoms with Gasteiger partial charge in [-0.1, -0.05) is 65.7 Å². The van der Waals surface area contributed by atoms with Crippen LogP contribution in [0.25, 0.3) is 22.4 Å². The molecule has 2 aromatic carbocycles. The lowest BCUT2D eigenvalue weighted by Crippen LogP contribution is -2.35. The Morgan fingerprint density at radius 3 is 2.48 bits per heavy atom. The first-order chi connectivity index (χ1) is 25.2. The lowest BCUT2D eigenvalue weighted by atomic mass is 9.94. The van der Waals surface area contributed by atoms with Crippen molar-refractivity contribution in [2.24, 2.45) is 5.92 Å². The molecule has 0 bridgehead atoms. The summed E-state index contributed by atoms with van der Waals surface area (Å²) in [6.45, 7) is 2.68. The van der Waals surface area contributed by atoms with Crippen LogP contribution in [0, 0.1) is 5.92 Å². The predicted octanol–water partition coefficient (Wildman–Crippen LogP) is 5.87. The van der Waals surface area contributed by atoms with Gasteiger partial charge in [0.05, 0.1) is 30.9 Å². The molecule has 0 radical (unpaired) electrons. The van der Waals surface area contributed by atoms with Crippen molar-refractivity contribution in [3.8, 4) is 40.0 Å². The van der Waals surface area contributed by atoms with E-state index in [9.17, 15) is 14.7 Å². The number of aliphatic carboxylic acids is 1. The molecule has 2 saturated heterocycles. The van der Waals surface area contributed by atoms with Crippen LogP contribution in [0.4, 0.5) is 0 Å². The van der Waals surface area contributed by atoms with Crippen LogP contribution < -0.4 is 24.8 Å². The van der Waals surface area contributed by atoms with Gasteiger partial charge in [-0.3, -0.25) is 14.5 Å². The number of aromatic nitrogens is 3. The lowest BCUT2D eigenvalue weighted by molar-refractivity contribution is -0.141. The molecule has 14 heteroatoms. The molecule has 3 aliphatic rings. The minimum atomic E-state index is -0.793. The van der Waals surface area contributed by atoms with Gasteiger partial charge in [0.25, 0.3) is 5.88 Å². The molecule has 7 rings (SSSR count). The van der Waals surface area contributed by atoms with Crippen LogP contribution in [0.2, 0.25) is 10.2 Å². The maximum atomic E-state index is 11.5. The third kappa shape index (κ3) is 7.52. The number of pyridine rings is 1. The maximum Gasteiger partial charge on any atom is 0.307 e. The summed E-state index contributed by atoms with van der Waals surface area (Å²) in [4.78, 5) is 38.9. The summed E-state index contributed by atoms with van der Waals surface area (Å²) in [7, 11) is 3.12.